The predicted octanol–water partition coefficient (Wildman–Crippen LogP) is 1.92. The number of hydrogen-bond donors (Lipinski definition) is 2. The molecular formula is C23H25ClN6O3. The van der Waals surface area contributed by atoms with Crippen LogP contribution in [0.25, 0.3) is 0 Å². The minimum atomic E-state index is -0.204. The number of anilines is 2. The van der Waals surface area contributed by atoms with Crippen molar-refractivity contribution in [2.75, 3.05) is 56.0 Å². The number of aromatic nitrogens is 1. The van der Waals surface area contributed by atoms with E-state index in [1.54, 1.807) is 18.3 Å². The minimum absolute atomic E-state index is 0.0331. The summed E-state index contributed by atoms with van der Waals surface area (Å²) in [5, 5.41) is 21.4. The second kappa shape index (κ2) is 10.1. The molecule has 2 N–H and O–H groups in total. The number of benzene rings is 1. The molecule has 0 unspecified atom stereocenters. The summed E-state index contributed by atoms with van der Waals surface area (Å²) in [7, 11) is 0. The lowest BCUT2D eigenvalue weighted by atomic mass is 10.1. The van der Waals surface area contributed by atoms with Crippen LogP contribution in [0, 0.1) is 17.2 Å². The fourth-order valence-corrected chi connectivity index (χ4v) is 4.32. The van der Waals surface area contributed by atoms with Crippen LogP contribution in [0.5, 0.6) is 5.75 Å². The average molecular weight is 469 g/mol. The normalized spacial score (nSPS) is 18.7. The zero-order valence-corrected chi connectivity index (χ0v) is 18.8. The summed E-state index contributed by atoms with van der Waals surface area (Å²) in [6, 6.07) is 10.2. The van der Waals surface area contributed by atoms with Gasteiger partial charge in [-0.2, -0.15) is 5.26 Å². The number of phenolic OH excluding ortho intramolecular Hbond substituents is 1. The SMILES string of the molecule is N#Cc1ccc(N2CCN(C(=O)CN3CC[C@@H](C(=O)Nc4ccc(O)c(Cl)c4)C3)CC2)nc1. The highest BCUT2D eigenvalue weighted by Gasteiger charge is 2.31. The molecule has 33 heavy (non-hydrogen) atoms. The van der Waals surface area contributed by atoms with Crippen molar-refractivity contribution in [1.82, 2.24) is 14.8 Å². The van der Waals surface area contributed by atoms with E-state index < -0.39 is 0 Å². The van der Waals surface area contributed by atoms with Crippen LogP contribution in [-0.2, 0) is 9.59 Å². The molecule has 1 atom stereocenters. The largest absolute Gasteiger partial charge is 0.506 e. The Morgan fingerprint density at radius 2 is 1.97 bits per heavy atom. The van der Waals surface area contributed by atoms with E-state index in [0.29, 0.717) is 63.5 Å². The zero-order valence-electron chi connectivity index (χ0n) is 18.1. The van der Waals surface area contributed by atoms with Crippen molar-refractivity contribution in [3.05, 3.63) is 47.1 Å². The Morgan fingerprint density at radius 3 is 2.64 bits per heavy atom. The van der Waals surface area contributed by atoms with E-state index in [-0.39, 0.29) is 28.5 Å². The second-order valence-corrected chi connectivity index (χ2v) is 8.67. The number of nitrogens with zero attached hydrogens (tertiary/aromatic N) is 5. The van der Waals surface area contributed by atoms with Crippen LogP contribution < -0.4 is 10.2 Å². The number of nitriles is 1. The molecule has 1 aromatic heterocycles. The maximum atomic E-state index is 12.8. The lowest BCUT2D eigenvalue weighted by Crippen LogP contribution is -2.51. The smallest absolute Gasteiger partial charge is 0.236 e. The topological polar surface area (TPSA) is 113 Å². The van der Waals surface area contributed by atoms with Gasteiger partial charge in [0.15, 0.2) is 0 Å². The van der Waals surface area contributed by atoms with Crippen molar-refractivity contribution in [2.24, 2.45) is 5.92 Å². The Morgan fingerprint density at radius 1 is 1.18 bits per heavy atom. The Balaban J connectivity index is 1.23. The highest BCUT2D eigenvalue weighted by Crippen LogP contribution is 2.27. The number of likely N-dealkylation sites (tertiary alicyclic amines) is 1. The van der Waals surface area contributed by atoms with E-state index in [2.05, 4.69) is 21.3 Å². The summed E-state index contributed by atoms with van der Waals surface area (Å²) < 4.78 is 0. The van der Waals surface area contributed by atoms with Gasteiger partial charge in [-0.25, -0.2) is 4.98 Å². The number of phenols is 1. The third kappa shape index (κ3) is 5.53. The van der Waals surface area contributed by atoms with E-state index in [9.17, 15) is 14.7 Å². The van der Waals surface area contributed by atoms with Crippen molar-refractivity contribution >= 4 is 34.9 Å². The number of hydrogen-bond acceptors (Lipinski definition) is 7. The molecule has 3 heterocycles. The summed E-state index contributed by atoms with van der Waals surface area (Å²) in [4.78, 5) is 35.7. The zero-order chi connectivity index (χ0) is 23.4. The number of rotatable bonds is 5. The van der Waals surface area contributed by atoms with Crippen molar-refractivity contribution < 1.29 is 14.7 Å². The Kier molecular flexibility index (Phi) is 6.96. The van der Waals surface area contributed by atoms with Crippen LogP contribution in [0.4, 0.5) is 11.5 Å². The monoisotopic (exact) mass is 468 g/mol. The van der Waals surface area contributed by atoms with Crippen molar-refractivity contribution in [3.8, 4) is 11.8 Å². The van der Waals surface area contributed by atoms with Gasteiger partial charge in [0.05, 0.1) is 23.0 Å². The lowest BCUT2D eigenvalue weighted by Gasteiger charge is -2.36. The van der Waals surface area contributed by atoms with Gasteiger partial charge in [-0.15, -0.1) is 0 Å². The summed E-state index contributed by atoms with van der Waals surface area (Å²) >= 11 is 5.90. The molecule has 0 spiro atoms. The molecule has 0 radical (unpaired) electrons. The second-order valence-electron chi connectivity index (χ2n) is 8.26. The van der Waals surface area contributed by atoms with E-state index >= 15 is 0 Å². The predicted molar refractivity (Wildman–Crippen MR) is 124 cm³/mol. The minimum Gasteiger partial charge on any atom is -0.506 e. The van der Waals surface area contributed by atoms with Crippen molar-refractivity contribution in [1.29, 1.82) is 5.26 Å². The van der Waals surface area contributed by atoms with E-state index in [1.165, 1.54) is 12.1 Å². The quantitative estimate of drug-likeness (QED) is 0.644. The number of amides is 2. The van der Waals surface area contributed by atoms with Crippen LogP contribution in [0.1, 0.15) is 12.0 Å². The molecule has 172 valence electrons. The molecule has 0 aliphatic carbocycles. The van der Waals surface area contributed by atoms with Gasteiger partial charge in [0, 0.05) is 44.6 Å². The molecule has 2 saturated heterocycles. The fraction of sp³-hybridized carbons (Fsp3) is 0.391. The molecule has 2 fully saturated rings. The van der Waals surface area contributed by atoms with Crippen LogP contribution in [0.2, 0.25) is 5.02 Å². The van der Waals surface area contributed by atoms with Gasteiger partial charge < -0.3 is 20.2 Å². The highest BCUT2D eigenvalue weighted by atomic mass is 35.5. The first-order valence-electron chi connectivity index (χ1n) is 10.8. The molecule has 2 aliphatic rings. The third-order valence-corrected chi connectivity index (χ3v) is 6.35. The molecule has 2 aliphatic heterocycles. The van der Waals surface area contributed by atoms with E-state index in [1.807, 2.05) is 15.9 Å². The maximum absolute atomic E-state index is 12.8. The number of halogens is 1. The molecular weight excluding hydrogens is 444 g/mol. The molecule has 10 heteroatoms. The van der Waals surface area contributed by atoms with Gasteiger partial charge >= 0.3 is 0 Å². The molecule has 0 bridgehead atoms. The van der Waals surface area contributed by atoms with E-state index in [4.69, 9.17) is 16.9 Å². The van der Waals surface area contributed by atoms with Gasteiger partial charge in [0.1, 0.15) is 17.6 Å². The third-order valence-electron chi connectivity index (χ3n) is 6.05. The summed E-state index contributed by atoms with van der Waals surface area (Å²) in [6.07, 6.45) is 2.24. The number of aromatic hydroxyl groups is 1. The first kappa shape index (κ1) is 22.8. The number of carbonyl (C=O) groups is 2. The van der Waals surface area contributed by atoms with Gasteiger partial charge in [-0.3, -0.25) is 14.5 Å². The van der Waals surface area contributed by atoms with Gasteiger partial charge in [-0.1, -0.05) is 11.6 Å². The number of nitrogens with one attached hydrogen (secondary N) is 1. The van der Waals surface area contributed by atoms with Crippen molar-refractivity contribution in [3.63, 3.8) is 0 Å². The fourth-order valence-electron chi connectivity index (χ4n) is 4.13. The Labute approximate surface area is 197 Å². The maximum Gasteiger partial charge on any atom is 0.236 e. The van der Waals surface area contributed by atoms with Crippen LogP contribution >= 0.6 is 11.6 Å². The molecule has 2 aromatic rings. The van der Waals surface area contributed by atoms with Gasteiger partial charge in [0.2, 0.25) is 11.8 Å². The van der Waals surface area contributed by atoms with Crippen LogP contribution in [-0.4, -0.2) is 77.5 Å². The standard InChI is InChI=1S/C23H25ClN6O3/c24-19-11-18(2-3-20(19)31)27-23(33)17-5-6-28(14-17)15-22(32)30-9-7-29(8-10-30)21-4-1-16(12-25)13-26-21/h1-4,11,13,17,31H,5-10,14-15H2,(H,27,33)/t17-/m1/s1. The molecule has 1 aromatic carbocycles. The van der Waals surface area contributed by atoms with E-state index in [0.717, 1.165) is 5.82 Å². The Bertz CT molecular complexity index is 1060. The number of pyridine rings is 1. The molecule has 4 rings (SSSR count). The highest BCUT2D eigenvalue weighted by molar-refractivity contribution is 6.32. The summed E-state index contributed by atoms with van der Waals surface area (Å²) in [5.41, 5.74) is 1.06. The number of piperazine rings is 1. The summed E-state index contributed by atoms with van der Waals surface area (Å²) in [6.45, 7) is 4.10. The van der Waals surface area contributed by atoms with Crippen LogP contribution in [0.3, 0.4) is 0 Å². The molecule has 9 nitrogen and oxygen atoms in total. The first-order valence-corrected chi connectivity index (χ1v) is 11.2. The molecule has 0 saturated carbocycles. The number of carbonyl (C=O) groups excluding carboxylic acids is 2. The summed E-state index contributed by atoms with van der Waals surface area (Å²) in [5.74, 6) is 0.521. The molecule has 2 amide bonds. The van der Waals surface area contributed by atoms with Gasteiger partial charge in [0.25, 0.3) is 0 Å². The first-order chi connectivity index (χ1) is 15.9. The van der Waals surface area contributed by atoms with Crippen LogP contribution in [0.15, 0.2) is 36.5 Å². The average Bonchev–Trinajstić information content (AvgIpc) is 3.30. The van der Waals surface area contributed by atoms with Crippen molar-refractivity contribution in [2.45, 2.75) is 6.42 Å². The lowest BCUT2D eigenvalue weighted by molar-refractivity contribution is -0.132. The van der Waals surface area contributed by atoms with Gasteiger partial charge in [-0.05, 0) is 43.3 Å². The Hall–Kier alpha value is -3.35.